The molecule has 0 fully saturated rings. The van der Waals surface area contributed by atoms with Gasteiger partial charge in [-0.05, 0) is 19.4 Å². The predicted octanol–water partition coefficient (Wildman–Crippen LogP) is 0.324. The molecule has 0 saturated heterocycles. The van der Waals surface area contributed by atoms with E-state index in [9.17, 15) is 9.59 Å². The molecular weight excluding hydrogens is 180 g/mol. The van der Waals surface area contributed by atoms with E-state index >= 15 is 0 Å². The van der Waals surface area contributed by atoms with Crippen molar-refractivity contribution in [3.05, 3.63) is 0 Å². The molecule has 2 unspecified atom stereocenters. The normalized spacial score (nSPS) is 15.8. The van der Waals surface area contributed by atoms with E-state index in [0.717, 1.165) is 6.29 Å². The van der Waals surface area contributed by atoms with Crippen LogP contribution in [0.15, 0.2) is 0 Å². The van der Waals surface area contributed by atoms with Crippen LogP contribution in [0.5, 0.6) is 0 Å². The molecular formula is C10H20N2O2. The van der Waals surface area contributed by atoms with Gasteiger partial charge in [0.1, 0.15) is 6.29 Å². The molecule has 0 aromatic carbocycles. The van der Waals surface area contributed by atoms with E-state index in [2.05, 4.69) is 10.6 Å². The Bertz CT molecular complexity index is 209. The summed E-state index contributed by atoms with van der Waals surface area (Å²) in [6.07, 6.45) is 0.778. The lowest BCUT2D eigenvalue weighted by molar-refractivity contribution is -0.126. The summed E-state index contributed by atoms with van der Waals surface area (Å²) in [5.41, 5.74) is -0.245. The third-order valence-corrected chi connectivity index (χ3v) is 2.19. The molecule has 0 saturated carbocycles. The number of carbonyl (C=O) groups excluding carboxylic acids is 2. The second kappa shape index (κ2) is 5.10. The molecule has 0 aliphatic heterocycles. The minimum atomic E-state index is -0.439. The molecule has 82 valence electrons. The lowest BCUT2D eigenvalue weighted by Crippen LogP contribution is -2.50. The zero-order valence-corrected chi connectivity index (χ0v) is 9.55. The number of hydrogen-bond acceptors (Lipinski definition) is 3. The molecule has 1 amide bonds. The lowest BCUT2D eigenvalue weighted by Gasteiger charge is -2.27. The first-order valence-electron chi connectivity index (χ1n) is 4.76. The van der Waals surface area contributed by atoms with Gasteiger partial charge in [-0.15, -0.1) is 0 Å². The number of amides is 1. The Morgan fingerprint density at radius 1 is 1.36 bits per heavy atom. The average Bonchev–Trinajstić information content (AvgIpc) is 2.10. The molecule has 0 aromatic rings. The van der Waals surface area contributed by atoms with Crippen molar-refractivity contribution in [3.8, 4) is 0 Å². The summed E-state index contributed by atoms with van der Waals surface area (Å²) >= 11 is 0. The fourth-order valence-corrected chi connectivity index (χ4v) is 0.864. The van der Waals surface area contributed by atoms with Crippen molar-refractivity contribution in [1.82, 2.24) is 10.6 Å². The largest absolute Gasteiger partial charge is 0.345 e. The van der Waals surface area contributed by atoms with E-state index in [-0.39, 0.29) is 17.4 Å². The van der Waals surface area contributed by atoms with Crippen molar-refractivity contribution in [2.75, 3.05) is 7.05 Å². The highest BCUT2D eigenvalue weighted by atomic mass is 16.2. The molecule has 0 heterocycles. The van der Waals surface area contributed by atoms with Gasteiger partial charge in [0.2, 0.25) is 5.91 Å². The van der Waals surface area contributed by atoms with Gasteiger partial charge in [-0.2, -0.15) is 0 Å². The van der Waals surface area contributed by atoms with Crippen LogP contribution >= 0.6 is 0 Å². The summed E-state index contributed by atoms with van der Waals surface area (Å²) < 4.78 is 0. The van der Waals surface area contributed by atoms with Crippen LogP contribution in [0.3, 0.4) is 0 Å². The van der Waals surface area contributed by atoms with Gasteiger partial charge in [0.15, 0.2) is 0 Å². The standard InChI is InChI=1S/C10H20N2O2/c1-7(11-5)9(14)12-8(6-13)10(2,3)4/h6-8,11H,1-5H3,(H,12,14). The molecule has 2 N–H and O–H groups in total. The summed E-state index contributed by atoms with van der Waals surface area (Å²) in [6, 6.07) is -0.717. The van der Waals surface area contributed by atoms with Crippen molar-refractivity contribution in [2.45, 2.75) is 39.8 Å². The molecule has 14 heavy (non-hydrogen) atoms. The molecule has 4 nitrogen and oxygen atoms in total. The molecule has 0 aromatic heterocycles. The maximum atomic E-state index is 11.5. The Labute approximate surface area is 85.4 Å². The van der Waals surface area contributed by atoms with Gasteiger partial charge >= 0.3 is 0 Å². The van der Waals surface area contributed by atoms with Crippen molar-refractivity contribution >= 4 is 12.2 Å². The number of likely N-dealkylation sites (N-methyl/N-ethyl adjacent to an activating group) is 1. The predicted molar refractivity (Wildman–Crippen MR) is 56.0 cm³/mol. The Hall–Kier alpha value is -0.900. The summed E-state index contributed by atoms with van der Waals surface area (Å²) in [4.78, 5) is 22.2. The van der Waals surface area contributed by atoms with E-state index in [1.54, 1.807) is 14.0 Å². The number of nitrogens with one attached hydrogen (secondary N) is 2. The first kappa shape index (κ1) is 13.1. The van der Waals surface area contributed by atoms with Gasteiger partial charge in [-0.3, -0.25) is 4.79 Å². The Morgan fingerprint density at radius 2 is 1.86 bits per heavy atom. The number of carbonyl (C=O) groups is 2. The summed E-state index contributed by atoms with van der Waals surface area (Å²) in [6.45, 7) is 7.49. The maximum absolute atomic E-state index is 11.5. The van der Waals surface area contributed by atoms with E-state index < -0.39 is 6.04 Å². The van der Waals surface area contributed by atoms with Crippen LogP contribution in [-0.2, 0) is 9.59 Å². The summed E-state index contributed by atoms with van der Waals surface area (Å²) in [5.74, 6) is -0.153. The highest BCUT2D eigenvalue weighted by Gasteiger charge is 2.26. The molecule has 0 rings (SSSR count). The van der Waals surface area contributed by atoms with Gasteiger partial charge in [0, 0.05) is 0 Å². The van der Waals surface area contributed by atoms with Gasteiger partial charge < -0.3 is 15.4 Å². The Morgan fingerprint density at radius 3 is 2.14 bits per heavy atom. The number of aldehydes is 1. The van der Waals surface area contributed by atoms with Gasteiger partial charge in [0.05, 0.1) is 12.1 Å². The SMILES string of the molecule is CNC(C)C(=O)NC(C=O)C(C)(C)C. The minimum Gasteiger partial charge on any atom is -0.345 e. The van der Waals surface area contributed by atoms with Crippen LogP contribution in [-0.4, -0.2) is 31.3 Å². The van der Waals surface area contributed by atoms with E-state index in [0.29, 0.717) is 0 Å². The molecule has 4 heteroatoms. The van der Waals surface area contributed by atoms with Gasteiger partial charge in [-0.25, -0.2) is 0 Å². The second-order valence-corrected chi connectivity index (χ2v) is 4.50. The van der Waals surface area contributed by atoms with Crippen molar-refractivity contribution in [3.63, 3.8) is 0 Å². The van der Waals surface area contributed by atoms with Crippen LogP contribution in [0.25, 0.3) is 0 Å². The molecule has 0 aliphatic carbocycles. The monoisotopic (exact) mass is 200 g/mol. The fourth-order valence-electron chi connectivity index (χ4n) is 0.864. The number of hydrogen-bond donors (Lipinski definition) is 2. The van der Waals surface area contributed by atoms with E-state index in [4.69, 9.17) is 0 Å². The molecule has 0 bridgehead atoms. The van der Waals surface area contributed by atoms with Crippen LogP contribution in [0, 0.1) is 5.41 Å². The van der Waals surface area contributed by atoms with E-state index in [1.807, 2.05) is 20.8 Å². The number of rotatable bonds is 4. The zero-order chi connectivity index (χ0) is 11.4. The topological polar surface area (TPSA) is 58.2 Å². The lowest BCUT2D eigenvalue weighted by atomic mass is 9.87. The second-order valence-electron chi connectivity index (χ2n) is 4.50. The van der Waals surface area contributed by atoms with Crippen LogP contribution in [0.2, 0.25) is 0 Å². The molecule has 0 aliphatic rings. The van der Waals surface area contributed by atoms with Crippen molar-refractivity contribution < 1.29 is 9.59 Å². The smallest absolute Gasteiger partial charge is 0.237 e. The van der Waals surface area contributed by atoms with Crippen molar-refractivity contribution in [2.24, 2.45) is 5.41 Å². The Balaban J connectivity index is 4.34. The van der Waals surface area contributed by atoms with Crippen molar-refractivity contribution in [1.29, 1.82) is 0 Å². The molecule has 0 radical (unpaired) electrons. The molecule has 0 spiro atoms. The average molecular weight is 200 g/mol. The fraction of sp³-hybridized carbons (Fsp3) is 0.800. The van der Waals surface area contributed by atoms with Crippen LogP contribution < -0.4 is 10.6 Å². The van der Waals surface area contributed by atoms with Crippen LogP contribution in [0.1, 0.15) is 27.7 Å². The van der Waals surface area contributed by atoms with Gasteiger partial charge in [0.25, 0.3) is 0 Å². The quantitative estimate of drug-likeness (QED) is 0.643. The highest BCUT2D eigenvalue weighted by Crippen LogP contribution is 2.17. The minimum absolute atomic E-state index is 0.153. The summed E-state index contributed by atoms with van der Waals surface area (Å²) in [5, 5.41) is 5.51. The third kappa shape index (κ3) is 3.87. The highest BCUT2D eigenvalue weighted by molar-refractivity contribution is 5.84. The van der Waals surface area contributed by atoms with Gasteiger partial charge in [-0.1, -0.05) is 20.8 Å². The first-order chi connectivity index (χ1) is 6.32. The molecule has 2 atom stereocenters. The summed E-state index contributed by atoms with van der Waals surface area (Å²) in [7, 11) is 1.71. The van der Waals surface area contributed by atoms with Crippen LogP contribution in [0.4, 0.5) is 0 Å². The Kier molecular flexibility index (Phi) is 4.77. The third-order valence-electron chi connectivity index (χ3n) is 2.19. The maximum Gasteiger partial charge on any atom is 0.237 e. The zero-order valence-electron chi connectivity index (χ0n) is 9.55. The first-order valence-corrected chi connectivity index (χ1v) is 4.76. The van der Waals surface area contributed by atoms with E-state index in [1.165, 1.54) is 0 Å².